The topological polar surface area (TPSA) is 58.0 Å². The molecule has 5 heteroatoms. The van der Waals surface area contributed by atoms with E-state index in [4.69, 9.17) is 11.6 Å². The molecule has 0 unspecified atom stereocenters. The van der Waals surface area contributed by atoms with Gasteiger partial charge in [0.2, 0.25) is 0 Å². The van der Waals surface area contributed by atoms with Crippen molar-refractivity contribution >= 4 is 17.4 Å². The number of hydrogen-bond acceptors (Lipinski definition) is 4. The molecule has 0 aliphatic rings. The van der Waals surface area contributed by atoms with Gasteiger partial charge in [0, 0.05) is 6.54 Å². The molecule has 0 fully saturated rings. The van der Waals surface area contributed by atoms with E-state index >= 15 is 0 Å². The number of hydrogen-bond donors (Lipinski definition) is 2. The molecule has 1 heterocycles. The first-order chi connectivity index (χ1) is 7.11. The Bertz CT molecular complexity index is 315. The molecule has 0 radical (unpaired) electrons. The van der Waals surface area contributed by atoms with Crippen LogP contribution < -0.4 is 5.32 Å². The first-order valence-corrected chi connectivity index (χ1v) is 5.41. The molecule has 0 aliphatic heterocycles. The molecule has 0 aliphatic carbocycles. The summed E-state index contributed by atoms with van der Waals surface area (Å²) >= 11 is 5.87. The third-order valence-corrected chi connectivity index (χ3v) is 2.85. The number of aromatic nitrogens is 2. The predicted octanol–water partition coefficient (Wildman–Crippen LogP) is 2.09. The zero-order valence-corrected chi connectivity index (χ0v) is 9.75. The summed E-state index contributed by atoms with van der Waals surface area (Å²) in [7, 11) is 0. The Morgan fingerprint density at radius 3 is 2.67 bits per heavy atom. The van der Waals surface area contributed by atoms with Crippen LogP contribution in [0.5, 0.6) is 0 Å². The van der Waals surface area contributed by atoms with Crippen molar-refractivity contribution in [3.8, 4) is 0 Å². The van der Waals surface area contributed by atoms with Gasteiger partial charge < -0.3 is 10.4 Å². The highest BCUT2D eigenvalue weighted by Crippen LogP contribution is 2.19. The summed E-state index contributed by atoms with van der Waals surface area (Å²) < 4.78 is 0. The van der Waals surface area contributed by atoms with Gasteiger partial charge in [-0.15, -0.1) is 0 Å². The van der Waals surface area contributed by atoms with Crippen molar-refractivity contribution in [1.82, 2.24) is 9.97 Å². The van der Waals surface area contributed by atoms with Gasteiger partial charge in [0.1, 0.15) is 17.2 Å². The highest BCUT2D eigenvalue weighted by Gasteiger charge is 2.22. The fraction of sp³-hybridized carbons (Fsp3) is 0.600. The Hall–Kier alpha value is -0.870. The number of halogens is 1. The van der Waals surface area contributed by atoms with Crippen LogP contribution in [0.25, 0.3) is 0 Å². The fourth-order valence-electron chi connectivity index (χ4n) is 1.19. The van der Waals surface area contributed by atoms with Crippen LogP contribution in [0.15, 0.2) is 12.5 Å². The molecule has 4 nitrogen and oxygen atoms in total. The van der Waals surface area contributed by atoms with E-state index in [0.29, 0.717) is 30.2 Å². The van der Waals surface area contributed by atoms with Gasteiger partial charge in [0.15, 0.2) is 0 Å². The van der Waals surface area contributed by atoms with Crippen molar-refractivity contribution in [2.24, 2.45) is 0 Å². The molecule has 0 bridgehead atoms. The lowest BCUT2D eigenvalue weighted by Crippen LogP contribution is -2.35. The van der Waals surface area contributed by atoms with Crippen LogP contribution >= 0.6 is 11.6 Å². The number of nitrogens with one attached hydrogen (secondary N) is 1. The molecule has 2 N–H and O–H groups in total. The summed E-state index contributed by atoms with van der Waals surface area (Å²) in [5.41, 5.74) is -0.700. The molecule has 1 aromatic heterocycles. The van der Waals surface area contributed by atoms with Crippen LogP contribution in [-0.4, -0.2) is 27.2 Å². The first-order valence-electron chi connectivity index (χ1n) is 5.03. The third kappa shape index (κ3) is 3.32. The summed E-state index contributed by atoms with van der Waals surface area (Å²) in [6.45, 7) is 4.34. The zero-order chi connectivity index (χ0) is 11.3. The first kappa shape index (κ1) is 12.2. The Balaban J connectivity index is 2.61. The molecule has 0 spiro atoms. The van der Waals surface area contributed by atoms with Crippen LogP contribution in [0.4, 0.5) is 5.82 Å². The molecule has 0 saturated carbocycles. The maximum absolute atomic E-state index is 10.0. The Morgan fingerprint density at radius 2 is 2.13 bits per heavy atom. The van der Waals surface area contributed by atoms with E-state index < -0.39 is 5.60 Å². The molecule has 0 saturated heterocycles. The minimum Gasteiger partial charge on any atom is -0.388 e. The molecule has 0 amide bonds. The summed E-state index contributed by atoms with van der Waals surface area (Å²) in [6.07, 6.45) is 4.33. The maximum Gasteiger partial charge on any atom is 0.148 e. The van der Waals surface area contributed by atoms with Gasteiger partial charge >= 0.3 is 0 Å². The molecule has 0 atom stereocenters. The minimum absolute atomic E-state index is 0.441. The second-order valence-electron chi connectivity index (χ2n) is 3.50. The van der Waals surface area contributed by atoms with E-state index in [2.05, 4.69) is 15.3 Å². The monoisotopic (exact) mass is 229 g/mol. The number of anilines is 1. The van der Waals surface area contributed by atoms with Crippen molar-refractivity contribution in [2.45, 2.75) is 32.3 Å². The van der Waals surface area contributed by atoms with Crippen molar-refractivity contribution in [3.63, 3.8) is 0 Å². The lowest BCUT2D eigenvalue weighted by molar-refractivity contribution is 0.0456. The van der Waals surface area contributed by atoms with Crippen LogP contribution in [-0.2, 0) is 0 Å². The minimum atomic E-state index is -0.700. The summed E-state index contributed by atoms with van der Waals surface area (Å²) in [5.74, 6) is 0.562. The summed E-state index contributed by atoms with van der Waals surface area (Å²) in [5, 5.41) is 13.5. The summed E-state index contributed by atoms with van der Waals surface area (Å²) in [4.78, 5) is 7.77. The SMILES string of the molecule is CCC(O)(CC)CNc1ncncc1Cl. The average Bonchev–Trinajstić information content (AvgIpc) is 2.28. The van der Waals surface area contributed by atoms with Gasteiger partial charge in [-0.2, -0.15) is 0 Å². The lowest BCUT2D eigenvalue weighted by Gasteiger charge is -2.25. The molecule has 0 aromatic carbocycles. The van der Waals surface area contributed by atoms with Crippen LogP contribution in [0.3, 0.4) is 0 Å². The highest BCUT2D eigenvalue weighted by atomic mass is 35.5. The molecule has 84 valence electrons. The maximum atomic E-state index is 10.0. The molecular weight excluding hydrogens is 214 g/mol. The lowest BCUT2D eigenvalue weighted by atomic mass is 9.98. The van der Waals surface area contributed by atoms with Crippen LogP contribution in [0.1, 0.15) is 26.7 Å². The van der Waals surface area contributed by atoms with E-state index in [1.165, 1.54) is 12.5 Å². The average molecular weight is 230 g/mol. The summed E-state index contributed by atoms with van der Waals surface area (Å²) in [6, 6.07) is 0. The Labute approximate surface area is 94.7 Å². The van der Waals surface area contributed by atoms with Gasteiger partial charge in [-0.25, -0.2) is 9.97 Å². The Morgan fingerprint density at radius 1 is 1.47 bits per heavy atom. The van der Waals surface area contributed by atoms with Crippen molar-refractivity contribution in [2.75, 3.05) is 11.9 Å². The quantitative estimate of drug-likeness (QED) is 0.812. The van der Waals surface area contributed by atoms with E-state index in [1.54, 1.807) is 0 Å². The smallest absolute Gasteiger partial charge is 0.148 e. The predicted molar refractivity (Wildman–Crippen MR) is 61.1 cm³/mol. The van der Waals surface area contributed by atoms with Gasteiger partial charge in [-0.3, -0.25) is 0 Å². The standard InChI is InChI=1S/C10H16ClN3O/c1-3-10(15,4-2)6-13-9-8(11)5-12-7-14-9/h5,7,15H,3-4,6H2,1-2H3,(H,12,13,14). The molecule has 1 aromatic rings. The van der Waals surface area contributed by atoms with E-state index in [0.717, 1.165) is 0 Å². The number of aliphatic hydroxyl groups is 1. The molecule has 15 heavy (non-hydrogen) atoms. The third-order valence-electron chi connectivity index (χ3n) is 2.57. The largest absolute Gasteiger partial charge is 0.388 e. The normalized spacial score (nSPS) is 11.5. The Kier molecular flexibility index (Phi) is 4.29. The van der Waals surface area contributed by atoms with Gasteiger partial charge in [-0.05, 0) is 12.8 Å². The van der Waals surface area contributed by atoms with Gasteiger partial charge in [-0.1, -0.05) is 25.4 Å². The number of nitrogens with zero attached hydrogens (tertiary/aromatic N) is 2. The molecule has 1 rings (SSSR count). The number of rotatable bonds is 5. The van der Waals surface area contributed by atoms with E-state index in [1.807, 2.05) is 13.8 Å². The van der Waals surface area contributed by atoms with Crippen LogP contribution in [0.2, 0.25) is 5.02 Å². The van der Waals surface area contributed by atoms with Crippen LogP contribution in [0, 0.1) is 0 Å². The zero-order valence-electron chi connectivity index (χ0n) is 9.00. The van der Waals surface area contributed by atoms with Gasteiger partial charge in [0.05, 0.1) is 11.8 Å². The van der Waals surface area contributed by atoms with Crippen molar-refractivity contribution < 1.29 is 5.11 Å². The van der Waals surface area contributed by atoms with Gasteiger partial charge in [0.25, 0.3) is 0 Å². The second kappa shape index (κ2) is 5.28. The van der Waals surface area contributed by atoms with E-state index in [-0.39, 0.29) is 0 Å². The van der Waals surface area contributed by atoms with Crippen molar-refractivity contribution in [3.05, 3.63) is 17.5 Å². The highest BCUT2D eigenvalue weighted by molar-refractivity contribution is 6.32. The van der Waals surface area contributed by atoms with Crippen molar-refractivity contribution in [1.29, 1.82) is 0 Å². The fourth-order valence-corrected chi connectivity index (χ4v) is 1.36. The van der Waals surface area contributed by atoms with E-state index in [9.17, 15) is 5.11 Å². The second-order valence-corrected chi connectivity index (χ2v) is 3.91. The molecular formula is C10H16ClN3O.